The van der Waals surface area contributed by atoms with Crippen molar-refractivity contribution in [3.63, 3.8) is 0 Å². The van der Waals surface area contributed by atoms with Gasteiger partial charge >= 0.3 is 6.03 Å². The molecule has 0 aliphatic carbocycles. The predicted octanol–water partition coefficient (Wildman–Crippen LogP) is 2.95. The molecule has 20 heavy (non-hydrogen) atoms. The van der Waals surface area contributed by atoms with Crippen molar-refractivity contribution < 1.29 is 13.6 Å². The zero-order valence-corrected chi connectivity index (χ0v) is 11.7. The highest BCUT2D eigenvalue weighted by molar-refractivity contribution is 5.74. The van der Waals surface area contributed by atoms with E-state index in [0.717, 1.165) is 32.0 Å². The number of nitrogens with zero attached hydrogens (tertiary/aromatic N) is 1. The summed E-state index contributed by atoms with van der Waals surface area (Å²) in [5.41, 5.74) is 0.551. The molecule has 0 bridgehead atoms. The summed E-state index contributed by atoms with van der Waals surface area (Å²) in [6.45, 7) is 4.08. The zero-order valence-electron chi connectivity index (χ0n) is 11.7. The van der Waals surface area contributed by atoms with Crippen LogP contribution >= 0.6 is 0 Å². The standard InChI is InChI=1S/C15H20F2N2O/c1-11-3-2-6-19(10-11)15(20)18-5-4-12-7-13(16)9-14(17)8-12/h7-9,11H,2-6,10H2,1H3,(H,18,20). The largest absolute Gasteiger partial charge is 0.338 e. The fourth-order valence-electron chi connectivity index (χ4n) is 2.55. The Bertz CT molecular complexity index is 459. The van der Waals surface area contributed by atoms with Crippen molar-refractivity contribution in [2.24, 2.45) is 5.92 Å². The second-order valence-corrected chi connectivity index (χ2v) is 5.45. The van der Waals surface area contributed by atoms with Gasteiger partial charge in [-0.15, -0.1) is 0 Å². The summed E-state index contributed by atoms with van der Waals surface area (Å²) in [5.74, 6) is -0.640. The van der Waals surface area contributed by atoms with Crippen LogP contribution in [0.3, 0.4) is 0 Å². The summed E-state index contributed by atoms with van der Waals surface area (Å²) in [6, 6.07) is 3.33. The Morgan fingerprint density at radius 2 is 2.05 bits per heavy atom. The van der Waals surface area contributed by atoms with Gasteiger partial charge in [-0.05, 0) is 42.9 Å². The minimum Gasteiger partial charge on any atom is -0.338 e. The van der Waals surface area contributed by atoms with E-state index in [1.54, 1.807) is 4.90 Å². The van der Waals surface area contributed by atoms with Gasteiger partial charge in [0.15, 0.2) is 0 Å². The van der Waals surface area contributed by atoms with Crippen LogP contribution in [0.5, 0.6) is 0 Å². The van der Waals surface area contributed by atoms with E-state index in [9.17, 15) is 13.6 Å². The molecule has 1 aliphatic rings. The van der Waals surface area contributed by atoms with Crippen LogP contribution < -0.4 is 5.32 Å². The average Bonchev–Trinajstić information content (AvgIpc) is 2.37. The summed E-state index contributed by atoms with van der Waals surface area (Å²) in [6.07, 6.45) is 2.61. The molecule has 1 fully saturated rings. The van der Waals surface area contributed by atoms with Gasteiger partial charge in [0.25, 0.3) is 0 Å². The Labute approximate surface area is 118 Å². The van der Waals surface area contributed by atoms with Crippen molar-refractivity contribution >= 4 is 6.03 Å². The highest BCUT2D eigenvalue weighted by atomic mass is 19.1. The lowest BCUT2D eigenvalue weighted by molar-refractivity contribution is 0.170. The maximum Gasteiger partial charge on any atom is 0.317 e. The zero-order chi connectivity index (χ0) is 14.5. The lowest BCUT2D eigenvalue weighted by atomic mass is 10.0. The predicted molar refractivity (Wildman–Crippen MR) is 73.4 cm³/mol. The van der Waals surface area contributed by atoms with Crippen LogP contribution in [0.4, 0.5) is 13.6 Å². The number of nitrogens with one attached hydrogen (secondary N) is 1. The molecule has 0 saturated carbocycles. The molecule has 0 aromatic heterocycles. The summed E-state index contributed by atoms with van der Waals surface area (Å²) >= 11 is 0. The molecular weight excluding hydrogens is 262 g/mol. The first-order valence-corrected chi connectivity index (χ1v) is 7.02. The van der Waals surface area contributed by atoms with E-state index >= 15 is 0 Å². The third-order valence-corrected chi connectivity index (χ3v) is 3.56. The average molecular weight is 282 g/mol. The number of carbonyl (C=O) groups is 1. The monoisotopic (exact) mass is 282 g/mol. The van der Waals surface area contributed by atoms with Gasteiger partial charge in [-0.3, -0.25) is 0 Å². The Morgan fingerprint density at radius 3 is 2.70 bits per heavy atom. The Kier molecular flexibility index (Phi) is 4.93. The molecule has 1 unspecified atom stereocenters. The van der Waals surface area contributed by atoms with Crippen LogP contribution in [0.2, 0.25) is 0 Å². The van der Waals surface area contributed by atoms with Crippen LogP contribution in [0.15, 0.2) is 18.2 Å². The molecule has 2 rings (SSSR count). The Hall–Kier alpha value is -1.65. The minimum atomic E-state index is -0.587. The SMILES string of the molecule is CC1CCCN(C(=O)NCCc2cc(F)cc(F)c2)C1. The smallest absolute Gasteiger partial charge is 0.317 e. The number of carbonyl (C=O) groups excluding carboxylic acids is 1. The molecule has 1 saturated heterocycles. The van der Waals surface area contributed by atoms with Crippen LogP contribution in [-0.2, 0) is 6.42 Å². The normalized spacial score (nSPS) is 18.9. The van der Waals surface area contributed by atoms with Crippen molar-refractivity contribution in [3.05, 3.63) is 35.4 Å². The van der Waals surface area contributed by atoms with Gasteiger partial charge in [0.2, 0.25) is 0 Å². The molecule has 0 radical (unpaired) electrons. The van der Waals surface area contributed by atoms with Gasteiger partial charge in [-0.1, -0.05) is 6.92 Å². The highest BCUT2D eigenvalue weighted by Gasteiger charge is 2.20. The summed E-state index contributed by atoms with van der Waals surface area (Å²) in [5, 5.41) is 2.80. The molecule has 1 atom stereocenters. The Balaban J connectivity index is 1.78. The maximum absolute atomic E-state index is 13.0. The minimum absolute atomic E-state index is 0.0894. The third kappa shape index (κ3) is 4.18. The first-order valence-electron chi connectivity index (χ1n) is 7.02. The first kappa shape index (κ1) is 14.8. The summed E-state index contributed by atoms with van der Waals surface area (Å²) < 4.78 is 26.0. The third-order valence-electron chi connectivity index (χ3n) is 3.56. The molecule has 1 heterocycles. The summed E-state index contributed by atoms with van der Waals surface area (Å²) in [7, 11) is 0. The number of amides is 2. The van der Waals surface area contributed by atoms with E-state index < -0.39 is 11.6 Å². The van der Waals surface area contributed by atoms with E-state index in [0.29, 0.717) is 24.4 Å². The first-order chi connectivity index (χ1) is 9.54. The number of hydrogen-bond acceptors (Lipinski definition) is 1. The number of piperidine rings is 1. The molecule has 1 aromatic carbocycles. The fourth-order valence-corrected chi connectivity index (χ4v) is 2.55. The molecule has 1 aliphatic heterocycles. The van der Waals surface area contributed by atoms with Crippen LogP contribution in [0, 0.1) is 17.6 Å². The van der Waals surface area contributed by atoms with Crippen molar-refractivity contribution in [2.45, 2.75) is 26.2 Å². The van der Waals surface area contributed by atoms with E-state index in [-0.39, 0.29) is 6.03 Å². The number of benzene rings is 1. The number of urea groups is 1. The number of likely N-dealkylation sites (tertiary alicyclic amines) is 1. The molecule has 2 amide bonds. The van der Waals surface area contributed by atoms with Crippen LogP contribution in [0.1, 0.15) is 25.3 Å². The molecule has 0 spiro atoms. The van der Waals surface area contributed by atoms with Gasteiger partial charge in [0.05, 0.1) is 0 Å². The van der Waals surface area contributed by atoms with Crippen LogP contribution in [-0.4, -0.2) is 30.6 Å². The highest BCUT2D eigenvalue weighted by Crippen LogP contribution is 2.15. The molecule has 3 nitrogen and oxygen atoms in total. The van der Waals surface area contributed by atoms with Gasteiger partial charge < -0.3 is 10.2 Å². The summed E-state index contributed by atoms with van der Waals surface area (Å²) in [4.78, 5) is 13.7. The van der Waals surface area contributed by atoms with E-state index in [1.807, 2.05) is 0 Å². The molecule has 1 aromatic rings. The van der Waals surface area contributed by atoms with E-state index in [2.05, 4.69) is 12.2 Å². The van der Waals surface area contributed by atoms with Gasteiger partial charge in [-0.25, -0.2) is 13.6 Å². The lowest BCUT2D eigenvalue weighted by Crippen LogP contribution is -2.45. The second kappa shape index (κ2) is 6.68. The number of rotatable bonds is 3. The van der Waals surface area contributed by atoms with E-state index in [4.69, 9.17) is 0 Å². The van der Waals surface area contributed by atoms with Gasteiger partial charge in [-0.2, -0.15) is 0 Å². The topological polar surface area (TPSA) is 32.3 Å². The second-order valence-electron chi connectivity index (χ2n) is 5.45. The maximum atomic E-state index is 13.0. The molecule has 110 valence electrons. The molecular formula is C15H20F2N2O. The molecule has 1 N–H and O–H groups in total. The Morgan fingerprint density at radius 1 is 1.35 bits per heavy atom. The van der Waals surface area contributed by atoms with Crippen molar-refractivity contribution in [1.82, 2.24) is 10.2 Å². The lowest BCUT2D eigenvalue weighted by Gasteiger charge is -2.30. The van der Waals surface area contributed by atoms with Gasteiger partial charge in [0, 0.05) is 25.7 Å². The number of hydrogen-bond donors (Lipinski definition) is 1. The fraction of sp³-hybridized carbons (Fsp3) is 0.533. The quantitative estimate of drug-likeness (QED) is 0.908. The van der Waals surface area contributed by atoms with Crippen LogP contribution in [0.25, 0.3) is 0 Å². The van der Waals surface area contributed by atoms with Crippen molar-refractivity contribution in [2.75, 3.05) is 19.6 Å². The van der Waals surface area contributed by atoms with Crippen molar-refractivity contribution in [1.29, 1.82) is 0 Å². The van der Waals surface area contributed by atoms with Crippen molar-refractivity contribution in [3.8, 4) is 0 Å². The van der Waals surface area contributed by atoms with Gasteiger partial charge in [0.1, 0.15) is 11.6 Å². The molecule has 5 heteroatoms. The number of halogens is 2. The van der Waals surface area contributed by atoms with E-state index in [1.165, 1.54) is 12.1 Å².